The summed E-state index contributed by atoms with van der Waals surface area (Å²) in [6.07, 6.45) is 1.16. The van der Waals surface area contributed by atoms with E-state index < -0.39 is 60.2 Å². The highest BCUT2D eigenvalue weighted by molar-refractivity contribution is 5.95. The molecule has 44 heavy (non-hydrogen) atoms. The zero-order valence-electron chi connectivity index (χ0n) is 24.6. The Kier molecular flexibility index (Phi) is 11.9. The van der Waals surface area contributed by atoms with Crippen molar-refractivity contribution in [2.75, 3.05) is 0 Å². The van der Waals surface area contributed by atoms with Crippen LogP contribution in [0.1, 0.15) is 44.2 Å². The van der Waals surface area contributed by atoms with Crippen molar-refractivity contribution >= 4 is 40.6 Å². The standard InChI is InChI=1S/C31H39N5O8/c1-17(2)13-26(31(43)44)36-30(42)25(15-19-16-33-23-6-4-3-5-21(19)23)35-29(41)24(11-12-27(38)39)34-28(40)22(32)14-18-7-9-20(37)10-8-18/h3-10,16-17,22,24-26,33,37H,11-15,32H2,1-2H3,(H,34,40)(H,35,41)(H,36,42)(H,38,39)(H,43,44). The maximum Gasteiger partial charge on any atom is 0.326 e. The van der Waals surface area contributed by atoms with E-state index in [1.807, 2.05) is 38.1 Å². The van der Waals surface area contributed by atoms with Gasteiger partial charge in [0.2, 0.25) is 17.7 Å². The molecule has 9 N–H and O–H groups in total. The molecular formula is C31H39N5O8. The fraction of sp³-hybridized carbons (Fsp3) is 0.387. The molecule has 0 fully saturated rings. The summed E-state index contributed by atoms with van der Waals surface area (Å²) in [6.45, 7) is 3.63. The molecule has 0 saturated heterocycles. The number of benzene rings is 2. The van der Waals surface area contributed by atoms with Crippen LogP contribution in [-0.4, -0.2) is 74.1 Å². The van der Waals surface area contributed by atoms with Gasteiger partial charge in [-0.1, -0.05) is 44.2 Å². The lowest BCUT2D eigenvalue weighted by atomic mass is 10.0. The number of nitrogens with one attached hydrogen (secondary N) is 4. The number of aliphatic carboxylic acids is 2. The Morgan fingerprint density at radius 3 is 2.07 bits per heavy atom. The molecule has 236 valence electrons. The Morgan fingerprint density at radius 2 is 1.43 bits per heavy atom. The highest BCUT2D eigenvalue weighted by Crippen LogP contribution is 2.20. The van der Waals surface area contributed by atoms with Crippen LogP contribution in [0.4, 0.5) is 0 Å². The first-order valence-electron chi connectivity index (χ1n) is 14.3. The number of aromatic amines is 1. The van der Waals surface area contributed by atoms with Gasteiger partial charge >= 0.3 is 11.9 Å². The molecule has 3 amide bonds. The normalized spacial score (nSPS) is 13.9. The Labute approximate surface area is 254 Å². The summed E-state index contributed by atoms with van der Waals surface area (Å²) >= 11 is 0. The van der Waals surface area contributed by atoms with E-state index in [9.17, 15) is 39.3 Å². The highest BCUT2D eigenvalue weighted by Gasteiger charge is 2.31. The lowest BCUT2D eigenvalue weighted by Crippen LogP contribution is -2.58. The van der Waals surface area contributed by atoms with Crippen LogP contribution >= 0.6 is 0 Å². The maximum atomic E-state index is 13.5. The molecule has 3 rings (SSSR count). The monoisotopic (exact) mass is 609 g/mol. The average molecular weight is 610 g/mol. The third-order valence-electron chi connectivity index (χ3n) is 7.06. The minimum absolute atomic E-state index is 0.0183. The van der Waals surface area contributed by atoms with Gasteiger partial charge in [-0.2, -0.15) is 0 Å². The number of hydrogen-bond donors (Lipinski definition) is 8. The number of phenolic OH excluding ortho intramolecular Hbond substituents is 1. The number of carboxylic acid groups (broad SMARTS) is 2. The molecule has 3 aromatic rings. The van der Waals surface area contributed by atoms with E-state index in [0.717, 1.165) is 10.9 Å². The van der Waals surface area contributed by atoms with Crippen LogP contribution in [0.3, 0.4) is 0 Å². The van der Waals surface area contributed by atoms with Gasteiger partial charge < -0.3 is 42.0 Å². The minimum Gasteiger partial charge on any atom is -0.508 e. The molecule has 4 atom stereocenters. The van der Waals surface area contributed by atoms with Crippen LogP contribution in [0.25, 0.3) is 10.9 Å². The van der Waals surface area contributed by atoms with Crippen LogP contribution in [0, 0.1) is 5.92 Å². The molecule has 13 heteroatoms. The average Bonchev–Trinajstić information content (AvgIpc) is 3.37. The number of H-pyrrole nitrogens is 1. The van der Waals surface area contributed by atoms with Gasteiger partial charge in [-0.05, 0) is 54.5 Å². The Morgan fingerprint density at radius 1 is 0.818 bits per heavy atom. The number of fused-ring (bicyclic) bond motifs is 1. The molecule has 0 spiro atoms. The molecule has 0 aliphatic rings. The van der Waals surface area contributed by atoms with Crippen molar-refractivity contribution in [3.8, 4) is 5.75 Å². The first-order chi connectivity index (χ1) is 20.8. The zero-order valence-corrected chi connectivity index (χ0v) is 24.6. The molecule has 4 unspecified atom stereocenters. The number of aromatic nitrogens is 1. The fourth-order valence-electron chi connectivity index (χ4n) is 4.76. The predicted molar refractivity (Wildman–Crippen MR) is 162 cm³/mol. The van der Waals surface area contributed by atoms with Gasteiger partial charge in [-0.25, -0.2) is 4.79 Å². The summed E-state index contributed by atoms with van der Waals surface area (Å²) in [6, 6.07) is 8.48. The number of carbonyl (C=O) groups is 5. The molecule has 0 aliphatic heterocycles. The molecule has 2 aromatic carbocycles. The van der Waals surface area contributed by atoms with E-state index in [2.05, 4.69) is 20.9 Å². The van der Waals surface area contributed by atoms with Crippen LogP contribution in [0.15, 0.2) is 54.7 Å². The van der Waals surface area contributed by atoms with E-state index in [4.69, 9.17) is 5.73 Å². The molecule has 0 radical (unpaired) electrons. The molecule has 13 nitrogen and oxygen atoms in total. The van der Waals surface area contributed by atoms with Crippen molar-refractivity contribution in [1.82, 2.24) is 20.9 Å². The highest BCUT2D eigenvalue weighted by atomic mass is 16.4. The van der Waals surface area contributed by atoms with Crippen molar-refractivity contribution in [3.63, 3.8) is 0 Å². The topological polar surface area (TPSA) is 224 Å². The molecule has 0 saturated carbocycles. The summed E-state index contributed by atoms with van der Waals surface area (Å²) in [5, 5.41) is 36.8. The molecule has 1 aromatic heterocycles. The fourth-order valence-corrected chi connectivity index (χ4v) is 4.76. The number of rotatable bonds is 16. The smallest absolute Gasteiger partial charge is 0.326 e. The lowest BCUT2D eigenvalue weighted by molar-refractivity contribution is -0.142. The quantitative estimate of drug-likeness (QED) is 0.117. The van der Waals surface area contributed by atoms with Crippen molar-refractivity contribution in [2.24, 2.45) is 11.7 Å². The van der Waals surface area contributed by atoms with Crippen LogP contribution in [-0.2, 0) is 36.8 Å². The number of phenols is 1. The van der Waals surface area contributed by atoms with Gasteiger partial charge in [0.05, 0.1) is 6.04 Å². The van der Waals surface area contributed by atoms with E-state index in [1.54, 1.807) is 18.3 Å². The second-order valence-corrected chi connectivity index (χ2v) is 11.1. The summed E-state index contributed by atoms with van der Waals surface area (Å²) in [4.78, 5) is 66.2. The van der Waals surface area contributed by atoms with E-state index in [0.29, 0.717) is 11.1 Å². The van der Waals surface area contributed by atoms with Crippen molar-refractivity contribution in [3.05, 3.63) is 65.9 Å². The van der Waals surface area contributed by atoms with E-state index in [1.165, 1.54) is 12.1 Å². The molecule has 0 aliphatic carbocycles. The lowest BCUT2D eigenvalue weighted by Gasteiger charge is -2.25. The Bertz CT molecular complexity index is 1470. The van der Waals surface area contributed by atoms with Gasteiger partial charge in [0, 0.05) is 29.9 Å². The third kappa shape index (κ3) is 9.83. The predicted octanol–water partition coefficient (Wildman–Crippen LogP) is 1.44. The third-order valence-corrected chi connectivity index (χ3v) is 7.06. The largest absolute Gasteiger partial charge is 0.508 e. The molecule has 0 bridgehead atoms. The zero-order chi connectivity index (χ0) is 32.4. The number of hydrogen-bond acceptors (Lipinski definition) is 7. The van der Waals surface area contributed by atoms with Crippen molar-refractivity contribution in [2.45, 2.75) is 70.1 Å². The SMILES string of the molecule is CC(C)CC(NC(=O)C(Cc1c[nH]c2ccccc12)NC(=O)C(CCC(=O)O)NC(=O)C(N)Cc1ccc(O)cc1)C(=O)O. The summed E-state index contributed by atoms with van der Waals surface area (Å²) < 4.78 is 0. The maximum absolute atomic E-state index is 13.5. The van der Waals surface area contributed by atoms with E-state index >= 15 is 0 Å². The first kappa shape index (κ1) is 33.6. The van der Waals surface area contributed by atoms with Crippen molar-refractivity contribution < 1.29 is 39.3 Å². The second kappa shape index (κ2) is 15.5. The molecule has 1 heterocycles. The van der Waals surface area contributed by atoms with Crippen molar-refractivity contribution in [1.29, 1.82) is 0 Å². The van der Waals surface area contributed by atoms with Crippen LogP contribution in [0.5, 0.6) is 5.75 Å². The van der Waals surface area contributed by atoms with Crippen LogP contribution in [0.2, 0.25) is 0 Å². The van der Waals surface area contributed by atoms with E-state index in [-0.39, 0.29) is 37.4 Å². The number of carbonyl (C=O) groups excluding carboxylic acids is 3. The minimum atomic E-state index is -1.35. The van der Waals surface area contributed by atoms with Crippen LogP contribution < -0.4 is 21.7 Å². The Balaban J connectivity index is 1.83. The van der Waals surface area contributed by atoms with Gasteiger partial charge in [-0.3, -0.25) is 19.2 Å². The summed E-state index contributed by atoms with van der Waals surface area (Å²) in [5.74, 6) is -4.71. The first-order valence-corrected chi connectivity index (χ1v) is 14.3. The van der Waals surface area contributed by atoms with Gasteiger partial charge in [0.15, 0.2) is 0 Å². The number of amides is 3. The van der Waals surface area contributed by atoms with Gasteiger partial charge in [-0.15, -0.1) is 0 Å². The number of para-hydroxylation sites is 1. The number of aromatic hydroxyl groups is 1. The van der Waals surface area contributed by atoms with Gasteiger partial charge in [0.1, 0.15) is 23.9 Å². The van der Waals surface area contributed by atoms with Gasteiger partial charge in [0.25, 0.3) is 0 Å². The number of carboxylic acids is 2. The number of nitrogens with two attached hydrogens (primary N) is 1. The summed E-state index contributed by atoms with van der Waals surface area (Å²) in [7, 11) is 0. The Hall–Kier alpha value is -4.91. The summed E-state index contributed by atoms with van der Waals surface area (Å²) in [5.41, 5.74) is 8.19. The second-order valence-electron chi connectivity index (χ2n) is 11.1. The molecular weight excluding hydrogens is 570 g/mol.